The quantitative estimate of drug-likeness (QED) is 0.278. The zero-order valence-corrected chi connectivity index (χ0v) is 20.3. The molecule has 0 unspecified atom stereocenters. The van der Waals surface area contributed by atoms with Gasteiger partial charge in [-0.25, -0.2) is 0 Å². The van der Waals surface area contributed by atoms with Gasteiger partial charge < -0.3 is 4.74 Å². The van der Waals surface area contributed by atoms with Gasteiger partial charge in [-0.1, -0.05) is 103 Å². The maximum atomic E-state index is 5.15. The van der Waals surface area contributed by atoms with Crippen LogP contribution in [0.1, 0.15) is 69.2 Å². The Balaban J connectivity index is 0. The summed E-state index contributed by atoms with van der Waals surface area (Å²) in [6.45, 7) is 24.4. The number of benzene rings is 2. The van der Waals surface area contributed by atoms with E-state index in [9.17, 15) is 0 Å². The summed E-state index contributed by atoms with van der Waals surface area (Å²) < 4.78 is 5.15. The summed E-state index contributed by atoms with van der Waals surface area (Å²) in [4.78, 5) is 0. The lowest BCUT2D eigenvalue weighted by Gasteiger charge is -2.02. The number of allylic oxidation sites excluding steroid dienone is 2. The van der Waals surface area contributed by atoms with Gasteiger partial charge in [0.05, 0.1) is 12.4 Å². The predicted octanol–water partition coefficient (Wildman–Crippen LogP) is 8.92. The highest BCUT2D eigenvalue weighted by atomic mass is 16.5. The highest BCUT2D eigenvalue weighted by Gasteiger charge is 1.85. The largest absolute Gasteiger partial charge is 0.499 e. The van der Waals surface area contributed by atoms with Crippen LogP contribution in [0.5, 0.6) is 0 Å². The second kappa shape index (κ2) is 19.1. The standard InChI is InChI=1S/C8H16O.2C8H10.C4H8/c1-4-5-6-7-9-8(2)3;2*1-7-3-5-8(2)6-4-7;1-4(2)3/h2,4-7H2,1,3H3;2*3-6H,1-2H3;1H2,2-3H3. The molecule has 2 aromatic rings. The van der Waals surface area contributed by atoms with Gasteiger partial charge in [0, 0.05) is 0 Å². The van der Waals surface area contributed by atoms with Gasteiger partial charge in [-0.3, -0.25) is 0 Å². The van der Waals surface area contributed by atoms with Crippen molar-refractivity contribution in [3.05, 3.63) is 95.3 Å². The van der Waals surface area contributed by atoms with Crippen molar-refractivity contribution < 1.29 is 4.74 Å². The molecule has 0 aromatic heterocycles. The van der Waals surface area contributed by atoms with Crippen LogP contribution in [0.3, 0.4) is 0 Å². The van der Waals surface area contributed by atoms with Crippen LogP contribution in [0.4, 0.5) is 0 Å². The first kappa shape index (κ1) is 28.9. The molecule has 29 heavy (non-hydrogen) atoms. The average molecular weight is 397 g/mol. The van der Waals surface area contributed by atoms with Gasteiger partial charge in [-0.2, -0.15) is 0 Å². The Hall–Kier alpha value is -2.28. The lowest BCUT2D eigenvalue weighted by Crippen LogP contribution is -1.89. The molecule has 0 bridgehead atoms. The number of hydrogen-bond donors (Lipinski definition) is 0. The van der Waals surface area contributed by atoms with Crippen LogP contribution < -0.4 is 0 Å². The SMILES string of the molecule is C=C(C)C.C=C(C)OCCCCC.Cc1ccc(C)cc1.Cc1ccc(C)cc1. The summed E-state index contributed by atoms with van der Waals surface area (Å²) in [6.07, 6.45) is 3.66. The second-order valence-corrected chi connectivity index (χ2v) is 7.77. The van der Waals surface area contributed by atoms with Crippen LogP contribution in [-0.4, -0.2) is 6.61 Å². The molecule has 1 heteroatoms. The second-order valence-electron chi connectivity index (χ2n) is 7.77. The molecule has 0 fully saturated rings. The van der Waals surface area contributed by atoms with Crippen molar-refractivity contribution in [1.82, 2.24) is 0 Å². The number of aryl methyl sites for hydroxylation is 4. The van der Waals surface area contributed by atoms with Gasteiger partial charge in [-0.15, -0.1) is 6.58 Å². The molecule has 0 aliphatic heterocycles. The number of hydrogen-bond acceptors (Lipinski definition) is 1. The monoisotopic (exact) mass is 396 g/mol. The lowest BCUT2D eigenvalue weighted by molar-refractivity contribution is 0.209. The van der Waals surface area contributed by atoms with Crippen LogP contribution in [0.25, 0.3) is 0 Å². The normalized spacial score (nSPS) is 8.83. The number of unbranched alkanes of at least 4 members (excludes halogenated alkanes) is 2. The third-order valence-electron chi connectivity index (χ3n) is 3.53. The van der Waals surface area contributed by atoms with E-state index in [2.05, 4.69) is 96.3 Å². The van der Waals surface area contributed by atoms with Crippen molar-refractivity contribution in [2.45, 2.75) is 74.7 Å². The first-order valence-corrected chi connectivity index (χ1v) is 10.5. The Morgan fingerprint density at radius 2 is 0.931 bits per heavy atom. The minimum absolute atomic E-state index is 0.825. The molecular formula is C28H44O. The van der Waals surface area contributed by atoms with Crippen molar-refractivity contribution in [2.24, 2.45) is 0 Å². The Morgan fingerprint density at radius 3 is 1.14 bits per heavy atom. The van der Waals surface area contributed by atoms with Gasteiger partial charge in [0.15, 0.2) is 0 Å². The lowest BCUT2D eigenvalue weighted by atomic mass is 10.2. The summed E-state index contributed by atoms with van der Waals surface area (Å²) in [5.41, 5.74) is 6.48. The van der Waals surface area contributed by atoms with Crippen LogP contribution in [0.2, 0.25) is 0 Å². The Bertz CT molecular complexity index is 558. The van der Waals surface area contributed by atoms with E-state index >= 15 is 0 Å². The Morgan fingerprint density at radius 1 is 0.655 bits per heavy atom. The van der Waals surface area contributed by atoms with Crippen LogP contribution in [-0.2, 0) is 4.74 Å². The van der Waals surface area contributed by atoms with Gasteiger partial charge >= 0.3 is 0 Å². The molecule has 0 aliphatic carbocycles. The maximum absolute atomic E-state index is 5.15. The summed E-state index contributed by atoms with van der Waals surface area (Å²) >= 11 is 0. The molecule has 0 atom stereocenters. The Kier molecular flexibility index (Phi) is 19.0. The maximum Gasteiger partial charge on any atom is 0.0876 e. The van der Waals surface area contributed by atoms with Gasteiger partial charge in [0.2, 0.25) is 0 Å². The fourth-order valence-electron chi connectivity index (χ4n) is 1.87. The molecule has 2 aromatic carbocycles. The highest BCUT2D eigenvalue weighted by Crippen LogP contribution is 2.00. The van der Waals surface area contributed by atoms with E-state index in [0.29, 0.717) is 0 Å². The van der Waals surface area contributed by atoms with Crippen LogP contribution >= 0.6 is 0 Å². The van der Waals surface area contributed by atoms with Gasteiger partial charge in [0.1, 0.15) is 0 Å². The van der Waals surface area contributed by atoms with Gasteiger partial charge in [0.25, 0.3) is 0 Å². The fourth-order valence-corrected chi connectivity index (χ4v) is 1.87. The minimum Gasteiger partial charge on any atom is -0.499 e. The molecular weight excluding hydrogens is 352 g/mol. The topological polar surface area (TPSA) is 9.23 Å². The van der Waals surface area contributed by atoms with E-state index < -0.39 is 0 Å². The van der Waals surface area contributed by atoms with E-state index in [0.717, 1.165) is 18.8 Å². The molecule has 0 spiro atoms. The van der Waals surface area contributed by atoms with Crippen LogP contribution in [0, 0.1) is 27.7 Å². The first-order valence-electron chi connectivity index (χ1n) is 10.5. The predicted molar refractivity (Wildman–Crippen MR) is 133 cm³/mol. The first-order chi connectivity index (χ1) is 13.6. The molecule has 0 amide bonds. The molecule has 0 radical (unpaired) electrons. The summed E-state index contributed by atoms with van der Waals surface area (Å²) in [6, 6.07) is 17.0. The smallest absolute Gasteiger partial charge is 0.0876 e. The summed E-state index contributed by atoms with van der Waals surface area (Å²) in [7, 11) is 0. The molecule has 0 N–H and O–H groups in total. The molecule has 0 aliphatic rings. The Labute approximate surface area is 181 Å². The summed E-state index contributed by atoms with van der Waals surface area (Å²) in [5.74, 6) is 0.825. The number of ether oxygens (including phenoxy) is 1. The molecule has 0 saturated heterocycles. The van der Waals surface area contributed by atoms with Crippen LogP contribution in [0.15, 0.2) is 73.0 Å². The molecule has 0 heterocycles. The third-order valence-corrected chi connectivity index (χ3v) is 3.53. The van der Waals surface area contributed by atoms with Crippen molar-refractivity contribution in [1.29, 1.82) is 0 Å². The number of rotatable bonds is 5. The zero-order valence-electron chi connectivity index (χ0n) is 20.3. The van der Waals surface area contributed by atoms with E-state index in [1.165, 1.54) is 40.7 Å². The van der Waals surface area contributed by atoms with E-state index in [4.69, 9.17) is 4.74 Å². The van der Waals surface area contributed by atoms with Gasteiger partial charge in [-0.05, 0) is 54.9 Å². The average Bonchev–Trinajstić information content (AvgIpc) is 2.64. The van der Waals surface area contributed by atoms with E-state index in [1.807, 2.05) is 20.8 Å². The zero-order chi connectivity index (χ0) is 22.7. The van der Waals surface area contributed by atoms with Crippen molar-refractivity contribution >= 4 is 0 Å². The van der Waals surface area contributed by atoms with Crippen molar-refractivity contribution in [3.8, 4) is 0 Å². The summed E-state index contributed by atoms with van der Waals surface area (Å²) in [5, 5.41) is 0. The molecule has 0 saturated carbocycles. The van der Waals surface area contributed by atoms with Crippen molar-refractivity contribution in [3.63, 3.8) is 0 Å². The highest BCUT2D eigenvalue weighted by molar-refractivity contribution is 5.20. The minimum atomic E-state index is 0.825. The fraction of sp³-hybridized carbons (Fsp3) is 0.429. The molecule has 162 valence electrons. The molecule has 2 rings (SSSR count). The van der Waals surface area contributed by atoms with E-state index in [1.54, 1.807) is 0 Å². The third kappa shape index (κ3) is 25.7. The van der Waals surface area contributed by atoms with Crippen molar-refractivity contribution in [2.75, 3.05) is 6.61 Å². The van der Waals surface area contributed by atoms with E-state index in [-0.39, 0.29) is 0 Å². The molecule has 1 nitrogen and oxygen atoms in total.